The van der Waals surface area contributed by atoms with Crippen molar-refractivity contribution in [3.8, 4) is 0 Å². The predicted molar refractivity (Wildman–Crippen MR) is 152 cm³/mol. The summed E-state index contributed by atoms with van der Waals surface area (Å²) in [4.78, 5) is 55.2. The zero-order chi connectivity index (χ0) is 29.0. The molecule has 1 aromatic carbocycles. The molecule has 1 aliphatic rings. The Hall–Kier alpha value is -3.36. The van der Waals surface area contributed by atoms with Gasteiger partial charge in [-0.1, -0.05) is 11.3 Å². The van der Waals surface area contributed by atoms with Gasteiger partial charge in [-0.05, 0) is 63.8 Å². The second-order valence-electron chi connectivity index (χ2n) is 8.90. The van der Waals surface area contributed by atoms with Crippen LogP contribution in [0.15, 0.2) is 23.2 Å². The van der Waals surface area contributed by atoms with Crippen LogP contribution in [0.5, 0.6) is 0 Å². The fraction of sp³-hybridized carbons (Fsp3) is 0.423. The summed E-state index contributed by atoms with van der Waals surface area (Å²) in [5, 5.41) is 2.80. The largest absolute Gasteiger partial charge is 0.462 e. The van der Waals surface area contributed by atoms with Gasteiger partial charge in [0.15, 0.2) is 14.6 Å². The second-order valence-corrected chi connectivity index (χ2v) is 13.1. The van der Waals surface area contributed by atoms with E-state index in [1.807, 2.05) is 6.92 Å². The Morgan fingerprint density at radius 2 is 1.73 bits per heavy atom. The number of carbonyl (C=O) groups excluding carboxylic acids is 4. The van der Waals surface area contributed by atoms with Crippen LogP contribution in [0, 0.1) is 0 Å². The standard InChI is InChI=1S/C26H29N3O8S3/c1-4-29-17-11-10-15(24(32)36-5-2)12-19(17)39-26(29)28-21(31)14-40(34,35)13-20(30)27-23-22(25(33)37-6-3)16-8-7-9-18(16)38-23/h10-12H,4-9,13-14H2,1-3H3,(H,27,30). The highest BCUT2D eigenvalue weighted by Gasteiger charge is 2.29. The molecule has 0 saturated carbocycles. The van der Waals surface area contributed by atoms with Crippen molar-refractivity contribution in [3.63, 3.8) is 0 Å². The van der Waals surface area contributed by atoms with Crippen LogP contribution in [-0.2, 0) is 48.3 Å². The summed E-state index contributed by atoms with van der Waals surface area (Å²) in [6.07, 6.45) is 2.35. The summed E-state index contributed by atoms with van der Waals surface area (Å²) in [5.74, 6) is -4.71. The number of thiophene rings is 1. The van der Waals surface area contributed by atoms with Gasteiger partial charge in [-0.15, -0.1) is 11.3 Å². The number of hydrogen-bond acceptors (Lipinski definition) is 10. The maximum absolute atomic E-state index is 12.7. The Kier molecular flexibility index (Phi) is 9.21. The molecule has 2 heterocycles. The van der Waals surface area contributed by atoms with E-state index in [9.17, 15) is 27.6 Å². The number of aryl methyl sites for hydroxylation is 2. The fourth-order valence-corrected chi connectivity index (χ4v) is 7.92. The number of fused-ring (bicyclic) bond motifs is 2. The zero-order valence-corrected chi connectivity index (χ0v) is 24.7. The number of ether oxygens (including phenoxy) is 2. The minimum atomic E-state index is -4.17. The van der Waals surface area contributed by atoms with E-state index in [1.54, 1.807) is 36.6 Å². The van der Waals surface area contributed by atoms with E-state index in [0.717, 1.165) is 40.1 Å². The van der Waals surface area contributed by atoms with Gasteiger partial charge in [0, 0.05) is 11.4 Å². The topological polar surface area (TPSA) is 150 Å². The number of nitrogens with zero attached hydrogens (tertiary/aromatic N) is 2. The Morgan fingerprint density at radius 3 is 2.42 bits per heavy atom. The molecule has 3 aromatic rings. The number of carbonyl (C=O) groups is 4. The number of anilines is 1. The van der Waals surface area contributed by atoms with Crippen molar-refractivity contribution >= 4 is 71.5 Å². The number of thiazole rings is 1. The Bertz CT molecular complexity index is 1660. The number of nitrogens with one attached hydrogen (secondary N) is 1. The molecule has 214 valence electrons. The quantitative estimate of drug-likeness (QED) is 0.346. The first-order valence-electron chi connectivity index (χ1n) is 12.8. The van der Waals surface area contributed by atoms with E-state index >= 15 is 0 Å². The maximum atomic E-state index is 12.7. The Labute approximate surface area is 238 Å². The van der Waals surface area contributed by atoms with Crippen LogP contribution in [0.4, 0.5) is 5.00 Å². The number of rotatable bonds is 10. The van der Waals surface area contributed by atoms with E-state index in [0.29, 0.717) is 23.2 Å². The lowest BCUT2D eigenvalue weighted by Crippen LogP contribution is -2.28. The van der Waals surface area contributed by atoms with Gasteiger partial charge in [0.25, 0.3) is 5.91 Å². The molecule has 0 fully saturated rings. The van der Waals surface area contributed by atoms with Gasteiger partial charge in [-0.2, -0.15) is 4.99 Å². The minimum absolute atomic E-state index is 0.168. The molecule has 0 spiro atoms. The molecular weight excluding hydrogens is 579 g/mol. The third-order valence-electron chi connectivity index (χ3n) is 6.08. The Balaban J connectivity index is 1.49. The van der Waals surface area contributed by atoms with Crippen molar-refractivity contribution in [2.75, 3.05) is 30.0 Å². The molecule has 11 nitrogen and oxygen atoms in total. The molecule has 0 radical (unpaired) electrons. The first-order valence-corrected chi connectivity index (χ1v) is 16.2. The molecule has 1 N–H and O–H groups in total. The highest BCUT2D eigenvalue weighted by Crippen LogP contribution is 2.39. The van der Waals surface area contributed by atoms with Gasteiger partial charge in [0.05, 0.1) is 34.6 Å². The smallest absolute Gasteiger partial charge is 0.341 e. The van der Waals surface area contributed by atoms with Gasteiger partial charge in [0.2, 0.25) is 5.91 Å². The highest BCUT2D eigenvalue weighted by molar-refractivity contribution is 7.92. The van der Waals surface area contributed by atoms with Crippen LogP contribution in [0.25, 0.3) is 10.2 Å². The van der Waals surface area contributed by atoms with Gasteiger partial charge in [-0.25, -0.2) is 18.0 Å². The van der Waals surface area contributed by atoms with E-state index in [2.05, 4.69) is 10.3 Å². The van der Waals surface area contributed by atoms with Crippen molar-refractivity contribution in [3.05, 3.63) is 44.6 Å². The number of amides is 2. The van der Waals surface area contributed by atoms with Crippen molar-refractivity contribution in [1.29, 1.82) is 0 Å². The van der Waals surface area contributed by atoms with Crippen LogP contribution in [-0.4, -0.2) is 61.5 Å². The van der Waals surface area contributed by atoms with E-state index in [1.165, 1.54) is 11.3 Å². The van der Waals surface area contributed by atoms with Crippen LogP contribution in [0.2, 0.25) is 0 Å². The summed E-state index contributed by atoms with van der Waals surface area (Å²) in [6, 6.07) is 4.97. The first-order chi connectivity index (χ1) is 19.1. The van der Waals surface area contributed by atoms with Gasteiger partial charge < -0.3 is 19.4 Å². The number of hydrogen-bond donors (Lipinski definition) is 1. The van der Waals surface area contributed by atoms with Gasteiger partial charge in [-0.3, -0.25) is 9.59 Å². The average Bonchev–Trinajstić information content (AvgIpc) is 3.55. The number of aromatic nitrogens is 1. The molecule has 4 rings (SSSR count). The van der Waals surface area contributed by atoms with Crippen molar-refractivity contribution in [2.45, 2.75) is 46.6 Å². The third-order valence-corrected chi connectivity index (χ3v) is 9.72. The zero-order valence-electron chi connectivity index (χ0n) is 22.3. The summed E-state index contributed by atoms with van der Waals surface area (Å²) in [5.41, 5.74) is 2.19. The average molecular weight is 608 g/mol. The highest BCUT2D eigenvalue weighted by atomic mass is 32.2. The molecule has 0 unspecified atom stereocenters. The lowest BCUT2D eigenvalue weighted by atomic mass is 10.1. The van der Waals surface area contributed by atoms with E-state index in [-0.39, 0.29) is 28.6 Å². The number of sulfone groups is 1. The second kappa shape index (κ2) is 12.4. The lowest BCUT2D eigenvalue weighted by Gasteiger charge is -2.08. The monoisotopic (exact) mass is 607 g/mol. The van der Waals surface area contributed by atoms with Crippen LogP contribution in [0.1, 0.15) is 58.3 Å². The molecular formula is C26H29N3O8S3. The SMILES string of the molecule is CCOC(=O)c1ccc2c(c1)sc(=NC(=O)CS(=O)(=O)CC(=O)Nc1sc3c(c1C(=O)OCC)CCC3)n2CC. The summed E-state index contributed by atoms with van der Waals surface area (Å²) in [7, 11) is -4.17. The minimum Gasteiger partial charge on any atom is -0.462 e. The van der Waals surface area contributed by atoms with E-state index < -0.39 is 45.1 Å². The van der Waals surface area contributed by atoms with Crippen LogP contribution < -0.4 is 10.1 Å². The predicted octanol–water partition coefficient (Wildman–Crippen LogP) is 3.11. The maximum Gasteiger partial charge on any atom is 0.341 e. The molecule has 40 heavy (non-hydrogen) atoms. The molecule has 0 saturated heterocycles. The molecule has 1 aliphatic carbocycles. The van der Waals surface area contributed by atoms with Gasteiger partial charge in [0.1, 0.15) is 16.5 Å². The lowest BCUT2D eigenvalue weighted by molar-refractivity contribution is -0.115. The van der Waals surface area contributed by atoms with Crippen molar-refractivity contribution in [1.82, 2.24) is 4.57 Å². The van der Waals surface area contributed by atoms with Crippen LogP contribution in [0.3, 0.4) is 0 Å². The molecule has 2 amide bonds. The molecule has 14 heteroatoms. The number of benzene rings is 1. The molecule has 0 bridgehead atoms. The molecule has 2 aromatic heterocycles. The van der Waals surface area contributed by atoms with E-state index in [4.69, 9.17) is 9.47 Å². The molecule has 0 aliphatic heterocycles. The first kappa shape index (κ1) is 29.6. The Morgan fingerprint density at radius 1 is 1.00 bits per heavy atom. The summed E-state index contributed by atoms with van der Waals surface area (Å²) >= 11 is 2.38. The summed E-state index contributed by atoms with van der Waals surface area (Å²) < 4.78 is 38.0. The third kappa shape index (κ3) is 6.50. The van der Waals surface area contributed by atoms with Crippen molar-refractivity contribution in [2.24, 2.45) is 4.99 Å². The number of esters is 2. The summed E-state index contributed by atoms with van der Waals surface area (Å²) in [6.45, 7) is 6.09. The fourth-order valence-electron chi connectivity index (χ4n) is 4.46. The molecule has 0 atom stereocenters. The van der Waals surface area contributed by atoms with Crippen molar-refractivity contribution < 1.29 is 37.1 Å². The van der Waals surface area contributed by atoms with Gasteiger partial charge >= 0.3 is 11.9 Å². The normalized spacial score (nSPS) is 13.3. The van der Waals surface area contributed by atoms with Crippen LogP contribution >= 0.6 is 22.7 Å².